The van der Waals surface area contributed by atoms with Crippen LogP contribution in [0.15, 0.2) is 47.8 Å². The molecule has 3 aromatic rings. The predicted octanol–water partition coefficient (Wildman–Crippen LogP) is 4.66. The van der Waals surface area contributed by atoms with Crippen LogP contribution in [-0.4, -0.2) is 25.1 Å². The zero-order valence-electron chi connectivity index (χ0n) is 14.3. The quantitative estimate of drug-likeness (QED) is 0.667. The fourth-order valence-electron chi connectivity index (χ4n) is 2.45. The summed E-state index contributed by atoms with van der Waals surface area (Å²) in [5, 5.41) is 5.76. The molecule has 3 rings (SSSR count). The first-order valence-electron chi connectivity index (χ1n) is 7.82. The molecule has 1 heterocycles. The lowest BCUT2D eigenvalue weighted by Crippen LogP contribution is -2.14. The average molecular weight is 389 g/mol. The minimum absolute atomic E-state index is 0.170. The number of halogens is 1. The van der Waals surface area contributed by atoms with Crippen LogP contribution in [0, 0.1) is 0 Å². The van der Waals surface area contributed by atoms with Gasteiger partial charge >= 0.3 is 0 Å². The van der Waals surface area contributed by atoms with E-state index in [1.54, 1.807) is 20.3 Å². The van der Waals surface area contributed by atoms with Crippen LogP contribution in [0.25, 0.3) is 11.3 Å². The molecular weight excluding hydrogens is 372 g/mol. The van der Waals surface area contributed by atoms with Gasteiger partial charge in [-0.3, -0.25) is 4.79 Å². The normalized spacial score (nSPS) is 10.4. The van der Waals surface area contributed by atoms with Crippen LogP contribution in [0.4, 0.5) is 5.13 Å². The van der Waals surface area contributed by atoms with E-state index in [2.05, 4.69) is 10.3 Å². The number of amides is 1. The number of hydrogen-bond acceptors (Lipinski definition) is 5. The lowest BCUT2D eigenvalue weighted by atomic mass is 10.1. The van der Waals surface area contributed by atoms with Crippen molar-refractivity contribution in [3.8, 4) is 22.8 Å². The summed E-state index contributed by atoms with van der Waals surface area (Å²) in [6.07, 6.45) is 0.192. The molecule has 7 heteroatoms. The van der Waals surface area contributed by atoms with Crippen molar-refractivity contribution in [3.05, 3.63) is 58.4 Å². The largest absolute Gasteiger partial charge is 0.497 e. The SMILES string of the molecule is COc1ccc(OC)c(-c2csc(NC(=O)Cc3ccccc3Cl)n2)c1. The summed E-state index contributed by atoms with van der Waals surface area (Å²) >= 11 is 7.45. The molecule has 0 aliphatic rings. The first-order chi connectivity index (χ1) is 12.6. The third-order valence-electron chi connectivity index (χ3n) is 3.74. The number of nitrogens with zero attached hydrogens (tertiary/aromatic N) is 1. The van der Waals surface area contributed by atoms with Gasteiger partial charge in [0.1, 0.15) is 11.5 Å². The number of thiazole rings is 1. The van der Waals surface area contributed by atoms with Gasteiger partial charge in [-0.1, -0.05) is 29.8 Å². The first kappa shape index (κ1) is 18.2. The highest BCUT2D eigenvalue weighted by atomic mass is 35.5. The molecule has 0 saturated carbocycles. The number of carbonyl (C=O) groups is 1. The van der Waals surface area contributed by atoms with Crippen molar-refractivity contribution in [2.75, 3.05) is 19.5 Å². The Bertz CT molecular complexity index is 927. The molecule has 2 aromatic carbocycles. The zero-order chi connectivity index (χ0) is 18.5. The van der Waals surface area contributed by atoms with Gasteiger partial charge < -0.3 is 14.8 Å². The highest BCUT2D eigenvalue weighted by Crippen LogP contribution is 2.35. The van der Waals surface area contributed by atoms with Gasteiger partial charge in [-0.2, -0.15) is 0 Å². The molecule has 26 heavy (non-hydrogen) atoms. The minimum atomic E-state index is -0.170. The predicted molar refractivity (Wildman–Crippen MR) is 104 cm³/mol. The molecule has 134 valence electrons. The van der Waals surface area contributed by atoms with Gasteiger partial charge in [0.2, 0.25) is 5.91 Å². The van der Waals surface area contributed by atoms with Gasteiger partial charge in [0.05, 0.1) is 26.3 Å². The van der Waals surface area contributed by atoms with E-state index >= 15 is 0 Å². The average Bonchev–Trinajstić information content (AvgIpc) is 3.11. The first-order valence-corrected chi connectivity index (χ1v) is 9.07. The maximum Gasteiger partial charge on any atom is 0.230 e. The van der Waals surface area contributed by atoms with Crippen LogP contribution < -0.4 is 14.8 Å². The maximum absolute atomic E-state index is 12.3. The summed E-state index contributed by atoms with van der Waals surface area (Å²) in [6.45, 7) is 0. The number of hydrogen-bond donors (Lipinski definition) is 1. The molecule has 0 bridgehead atoms. The molecule has 5 nitrogen and oxygen atoms in total. The molecule has 1 N–H and O–H groups in total. The molecule has 0 spiro atoms. The number of rotatable bonds is 6. The van der Waals surface area contributed by atoms with E-state index in [-0.39, 0.29) is 12.3 Å². The van der Waals surface area contributed by atoms with E-state index in [4.69, 9.17) is 21.1 Å². The molecule has 1 amide bonds. The van der Waals surface area contributed by atoms with Crippen LogP contribution in [-0.2, 0) is 11.2 Å². The lowest BCUT2D eigenvalue weighted by Gasteiger charge is -2.08. The van der Waals surface area contributed by atoms with E-state index in [1.807, 2.05) is 41.8 Å². The van der Waals surface area contributed by atoms with Gasteiger partial charge in [0.25, 0.3) is 0 Å². The number of methoxy groups -OCH3 is 2. The highest BCUT2D eigenvalue weighted by molar-refractivity contribution is 7.14. The Morgan fingerprint density at radius 2 is 2.00 bits per heavy atom. The van der Waals surface area contributed by atoms with E-state index in [9.17, 15) is 4.79 Å². The molecule has 0 radical (unpaired) electrons. The van der Waals surface area contributed by atoms with Crippen LogP contribution in [0.5, 0.6) is 11.5 Å². The summed E-state index contributed by atoms with van der Waals surface area (Å²) in [6, 6.07) is 12.8. The Morgan fingerprint density at radius 3 is 2.73 bits per heavy atom. The second-order valence-corrected chi connectivity index (χ2v) is 6.69. The zero-order valence-corrected chi connectivity index (χ0v) is 15.9. The monoisotopic (exact) mass is 388 g/mol. The third-order valence-corrected chi connectivity index (χ3v) is 4.87. The van der Waals surface area contributed by atoms with E-state index in [1.165, 1.54) is 11.3 Å². The molecule has 0 saturated heterocycles. The Labute approximate surface area is 160 Å². The summed E-state index contributed by atoms with van der Waals surface area (Å²) in [5.41, 5.74) is 2.28. The van der Waals surface area contributed by atoms with Crippen molar-refractivity contribution >= 4 is 34.0 Å². The fourth-order valence-corrected chi connectivity index (χ4v) is 3.38. The third kappa shape index (κ3) is 4.15. The molecule has 0 aliphatic carbocycles. The van der Waals surface area contributed by atoms with Crippen LogP contribution >= 0.6 is 22.9 Å². The minimum Gasteiger partial charge on any atom is -0.497 e. The standard InChI is InChI=1S/C19H17ClN2O3S/c1-24-13-7-8-17(25-2)14(10-13)16-11-26-19(21-16)22-18(23)9-12-5-3-4-6-15(12)20/h3-8,10-11H,9H2,1-2H3,(H,21,22,23). The van der Waals surface area contributed by atoms with E-state index < -0.39 is 0 Å². The van der Waals surface area contributed by atoms with Crippen LogP contribution in [0.1, 0.15) is 5.56 Å². The van der Waals surface area contributed by atoms with Crippen molar-refractivity contribution in [2.45, 2.75) is 6.42 Å². The topological polar surface area (TPSA) is 60.5 Å². The summed E-state index contributed by atoms with van der Waals surface area (Å²) < 4.78 is 10.7. The summed E-state index contributed by atoms with van der Waals surface area (Å²) in [7, 11) is 3.21. The Morgan fingerprint density at radius 1 is 1.19 bits per heavy atom. The highest BCUT2D eigenvalue weighted by Gasteiger charge is 2.14. The van der Waals surface area contributed by atoms with E-state index in [0.717, 1.165) is 11.1 Å². The maximum atomic E-state index is 12.3. The molecule has 0 unspecified atom stereocenters. The van der Waals surface area contributed by atoms with Gasteiger partial charge in [-0.15, -0.1) is 11.3 Å². The number of benzene rings is 2. The lowest BCUT2D eigenvalue weighted by molar-refractivity contribution is -0.115. The van der Waals surface area contributed by atoms with Crippen molar-refractivity contribution in [2.24, 2.45) is 0 Å². The van der Waals surface area contributed by atoms with Crippen molar-refractivity contribution in [1.82, 2.24) is 4.98 Å². The number of carbonyl (C=O) groups excluding carboxylic acids is 1. The Balaban J connectivity index is 1.76. The van der Waals surface area contributed by atoms with Crippen molar-refractivity contribution < 1.29 is 14.3 Å². The second-order valence-electron chi connectivity index (χ2n) is 5.42. The van der Waals surface area contributed by atoms with Crippen molar-refractivity contribution in [1.29, 1.82) is 0 Å². The van der Waals surface area contributed by atoms with Crippen LogP contribution in [0.2, 0.25) is 5.02 Å². The Kier molecular flexibility index (Phi) is 5.75. The van der Waals surface area contributed by atoms with Crippen LogP contribution in [0.3, 0.4) is 0 Å². The molecule has 1 aromatic heterocycles. The second kappa shape index (κ2) is 8.21. The fraction of sp³-hybridized carbons (Fsp3) is 0.158. The number of ether oxygens (including phenoxy) is 2. The number of nitrogens with one attached hydrogen (secondary N) is 1. The van der Waals surface area contributed by atoms with Gasteiger partial charge in [0, 0.05) is 16.0 Å². The van der Waals surface area contributed by atoms with Gasteiger partial charge in [-0.05, 0) is 29.8 Å². The number of aromatic nitrogens is 1. The van der Waals surface area contributed by atoms with Gasteiger partial charge in [0.15, 0.2) is 5.13 Å². The smallest absolute Gasteiger partial charge is 0.230 e. The molecular formula is C19H17ClN2O3S. The summed E-state index contributed by atoms with van der Waals surface area (Å²) in [5.74, 6) is 1.22. The van der Waals surface area contributed by atoms with Gasteiger partial charge in [-0.25, -0.2) is 4.98 Å². The number of anilines is 1. The van der Waals surface area contributed by atoms with Crippen molar-refractivity contribution in [3.63, 3.8) is 0 Å². The molecule has 0 atom stereocenters. The molecule has 0 aliphatic heterocycles. The summed E-state index contributed by atoms with van der Waals surface area (Å²) in [4.78, 5) is 16.7. The molecule has 0 fully saturated rings. The van der Waals surface area contributed by atoms with E-state index in [0.29, 0.717) is 27.3 Å². The Hall–Kier alpha value is -2.57.